The summed E-state index contributed by atoms with van der Waals surface area (Å²) in [6, 6.07) is 9.73. The molecular formula is C16H16BrFN2O3S. The van der Waals surface area contributed by atoms with Crippen molar-refractivity contribution in [2.75, 3.05) is 18.9 Å². The predicted octanol–water partition coefficient (Wildman–Crippen LogP) is 3.16. The van der Waals surface area contributed by atoms with Crippen LogP contribution in [0.5, 0.6) is 0 Å². The number of sulfonamides is 1. The topological polar surface area (TPSA) is 66.5 Å². The van der Waals surface area contributed by atoms with Crippen LogP contribution in [0, 0.1) is 12.7 Å². The summed E-state index contributed by atoms with van der Waals surface area (Å²) in [5.41, 5.74) is 1.52. The van der Waals surface area contributed by atoms with Crippen molar-refractivity contribution < 1.29 is 17.6 Å². The molecule has 1 amide bonds. The number of hydrogen-bond donors (Lipinski definition) is 1. The van der Waals surface area contributed by atoms with Gasteiger partial charge in [-0.25, -0.2) is 12.8 Å². The van der Waals surface area contributed by atoms with Crippen LogP contribution in [0.15, 0.2) is 51.8 Å². The minimum absolute atomic E-state index is 0.0707. The maximum atomic E-state index is 12.9. The molecule has 0 saturated carbocycles. The van der Waals surface area contributed by atoms with Crippen molar-refractivity contribution >= 4 is 37.5 Å². The molecule has 0 aliphatic rings. The Labute approximate surface area is 148 Å². The minimum atomic E-state index is -3.86. The molecule has 0 unspecified atom stereocenters. The van der Waals surface area contributed by atoms with E-state index in [9.17, 15) is 17.6 Å². The van der Waals surface area contributed by atoms with E-state index in [1.54, 1.807) is 18.2 Å². The Morgan fingerprint density at radius 3 is 2.42 bits per heavy atom. The number of halogens is 2. The fourth-order valence-corrected chi connectivity index (χ4v) is 3.37. The molecule has 0 bridgehead atoms. The molecule has 0 spiro atoms. The second-order valence-corrected chi connectivity index (χ2v) is 8.13. The summed E-state index contributed by atoms with van der Waals surface area (Å²) in [6.07, 6.45) is 0. The first-order valence-corrected chi connectivity index (χ1v) is 9.21. The summed E-state index contributed by atoms with van der Waals surface area (Å²) in [5.74, 6) is -0.995. The van der Waals surface area contributed by atoms with Crippen molar-refractivity contribution in [1.82, 2.24) is 4.31 Å². The molecule has 2 rings (SSSR count). The lowest BCUT2D eigenvalue weighted by molar-refractivity contribution is -0.116. The van der Waals surface area contributed by atoms with Crippen molar-refractivity contribution in [1.29, 1.82) is 0 Å². The van der Waals surface area contributed by atoms with Crippen LogP contribution in [0.2, 0.25) is 0 Å². The van der Waals surface area contributed by atoms with Crippen LogP contribution in [0.1, 0.15) is 5.56 Å². The fourth-order valence-electron chi connectivity index (χ4n) is 2.00. The van der Waals surface area contributed by atoms with E-state index in [4.69, 9.17) is 0 Å². The molecule has 2 aromatic rings. The van der Waals surface area contributed by atoms with Gasteiger partial charge in [0.15, 0.2) is 0 Å². The largest absolute Gasteiger partial charge is 0.325 e. The van der Waals surface area contributed by atoms with Gasteiger partial charge in [0.2, 0.25) is 15.9 Å². The number of amides is 1. The monoisotopic (exact) mass is 414 g/mol. The van der Waals surface area contributed by atoms with E-state index in [0.29, 0.717) is 5.69 Å². The average molecular weight is 415 g/mol. The third-order valence-corrected chi connectivity index (χ3v) is 6.04. The predicted molar refractivity (Wildman–Crippen MR) is 93.7 cm³/mol. The number of anilines is 1. The summed E-state index contributed by atoms with van der Waals surface area (Å²) < 4.78 is 39.4. The first-order chi connectivity index (χ1) is 11.2. The summed E-state index contributed by atoms with van der Waals surface area (Å²) in [6.45, 7) is 1.53. The van der Waals surface area contributed by atoms with Crippen molar-refractivity contribution in [3.8, 4) is 0 Å². The Morgan fingerprint density at radius 2 is 1.83 bits per heavy atom. The molecule has 0 fully saturated rings. The van der Waals surface area contributed by atoms with Crippen LogP contribution in [0.3, 0.4) is 0 Å². The van der Waals surface area contributed by atoms with E-state index in [0.717, 1.165) is 38.6 Å². The van der Waals surface area contributed by atoms with Gasteiger partial charge in [0.25, 0.3) is 0 Å². The smallest absolute Gasteiger partial charge is 0.243 e. The molecule has 1 N–H and O–H groups in total. The highest BCUT2D eigenvalue weighted by Crippen LogP contribution is 2.20. The second kappa shape index (κ2) is 7.42. The SMILES string of the molecule is Cc1cc(NC(=O)CN(C)S(=O)(=O)c2ccc(F)cc2)ccc1Br. The maximum Gasteiger partial charge on any atom is 0.243 e. The second-order valence-electron chi connectivity index (χ2n) is 5.23. The molecule has 0 atom stereocenters. The Morgan fingerprint density at radius 1 is 1.21 bits per heavy atom. The van der Waals surface area contributed by atoms with E-state index in [-0.39, 0.29) is 11.4 Å². The zero-order chi connectivity index (χ0) is 17.9. The lowest BCUT2D eigenvalue weighted by Crippen LogP contribution is -2.35. The number of carbonyl (C=O) groups excluding carboxylic acids is 1. The summed E-state index contributed by atoms with van der Waals surface area (Å²) in [7, 11) is -2.56. The number of nitrogens with one attached hydrogen (secondary N) is 1. The lowest BCUT2D eigenvalue weighted by Gasteiger charge is -2.17. The van der Waals surface area contributed by atoms with Crippen molar-refractivity contribution in [3.63, 3.8) is 0 Å². The number of likely N-dealkylation sites (N-methyl/N-ethyl adjacent to an activating group) is 1. The quantitative estimate of drug-likeness (QED) is 0.816. The van der Waals surface area contributed by atoms with E-state index < -0.39 is 21.7 Å². The molecule has 2 aromatic carbocycles. The number of benzene rings is 2. The highest BCUT2D eigenvalue weighted by molar-refractivity contribution is 9.10. The molecule has 8 heteroatoms. The van der Waals surface area contributed by atoms with Gasteiger partial charge in [-0.2, -0.15) is 4.31 Å². The first-order valence-electron chi connectivity index (χ1n) is 6.98. The molecule has 0 radical (unpaired) electrons. The highest BCUT2D eigenvalue weighted by atomic mass is 79.9. The zero-order valence-corrected chi connectivity index (χ0v) is 15.5. The Kier molecular flexibility index (Phi) is 5.74. The van der Waals surface area contributed by atoms with Crippen LogP contribution < -0.4 is 5.32 Å². The molecule has 0 saturated heterocycles. The minimum Gasteiger partial charge on any atom is -0.325 e. The maximum absolute atomic E-state index is 12.9. The van der Waals surface area contributed by atoms with Gasteiger partial charge in [-0.1, -0.05) is 15.9 Å². The van der Waals surface area contributed by atoms with Crippen LogP contribution >= 0.6 is 15.9 Å². The number of aryl methyl sites for hydroxylation is 1. The summed E-state index contributed by atoms with van der Waals surface area (Å²) >= 11 is 3.37. The average Bonchev–Trinajstić information content (AvgIpc) is 2.51. The van der Waals surface area contributed by atoms with Crippen molar-refractivity contribution in [2.45, 2.75) is 11.8 Å². The third-order valence-electron chi connectivity index (χ3n) is 3.33. The fraction of sp³-hybridized carbons (Fsp3) is 0.188. The highest BCUT2D eigenvalue weighted by Gasteiger charge is 2.23. The number of hydrogen-bond acceptors (Lipinski definition) is 3. The first kappa shape index (κ1) is 18.6. The van der Waals surface area contributed by atoms with Gasteiger partial charge in [0, 0.05) is 17.2 Å². The van der Waals surface area contributed by atoms with Gasteiger partial charge in [0.05, 0.1) is 11.4 Å². The summed E-state index contributed by atoms with van der Waals surface area (Å²) in [5, 5.41) is 2.65. The Hall–Kier alpha value is -1.77. The Bertz CT molecular complexity index is 854. The van der Waals surface area contributed by atoms with Crippen LogP contribution in [-0.4, -0.2) is 32.2 Å². The third kappa shape index (κ3) is 4.40. The van der Waals surface area contributed by atoms with Crippen LogP contribution in [0.4, 0.5) is 10.1 Å². The molecule has 128 valence electrons. The summed E-state index contributed by atoms with van der Waals surface area (Å²) in [4.78, 5) is 12.0. The van der Waals surface area contributed by atoms with Gasteiger partial charge in [-0.3, -0.25) is 4.79 Å². The molecule has 0 heterocycles. The zero-order valence-electron chi connectivity index (χ0n) is 13.1. The van der Waals surface area contributed by atoms with E-state index in [1.807, 2.05) is 6.92 Å². The molecule has 0 aliphatic carbocycles. The Balaban J connectivity index is 2.07. The van der Waals surface area contributed by atoms with Crippen LogP contribution in [0.25, 0.3) is 0 Å². The lowest BCUT2D eigenvalue weighted by atomic mass is 10.2. The van der Waals surface area contributed by atoms with E-state index >= 15 is 0 Å². The van der Waals surface area contributed by atoms with Gasteiger partial charge in [0.1, 0.15) is 5.82 Å². The number of carbonyl (C=O) groups is 1. The van der Waals surface area contributed by atoms with Crippen molar-refractivity contribution in [2.24, 2.45) is 0 Å². The van der Waals surface area contributed by atoms with E-state index in [2.05, 4.69) is 21.2 Å². The normalized spacial score (nSPS) is 11.5. The molecule has 5 nitrogen and oxygen atoms in total. The standard InChI is InChI=1S/C16H16BrFN2O3S/c1-11-9-13(5-8-15(11)17)19-16(21)10-20(2)24(22,23)14-6-3-12(18)4-7-14/h3-9H,10H2,1-2H3,(H,19,21). The molecular weight excluding hydrogens is 399 g/mol. The van der Waals surface area contributed by atoms with Crippen molar-refractivity contribution in [3.05, 3.63) is 58.3 Å². The molecule has 0 aliphatic heterocycles. The van der Waals surface area contributed by atoms with Gasteiger partial charge < -0.3 is 5.32 Å². The van der Waals surface area contributed by atoms with Gasteiger partial charge >= 0.3 is 0 Å². The van der Waals surface area contributed by atoms with Crippen LogP contribution in [-0.2, 0) is 14.8 Å². The molecule has 0 aromatic heterocycles. The van der Waals surface area contributed by atoms with Gasteiger partial charge in [-0.05, 0) is 55.0 Å². The number of rotatable bonds is 5. The van der Waals surface area contributed by atoms with Gasteiger partial charge in [-0.15, -0.1) is 0 Å². The molecule has 24 heavy (non-hydrogen) atoms. The number of nitrogens with zero attached hydrogens (tertiary/aromatic N) is 1. The van der Waals surface area contributed by atoms with E-state index in [1.165, 1.54) is 7.05 Å².